The predicted octanol–water partition coefficient (Wildman–Crippen LogP) is 2.02. The van der Waals surface area contributed by atoms with E-state index in [1.54, 1.807) is 39.2 Å². The number of nitriles is 1. The number of carbonyl (C=O) groups is 2. The minimum Gasteiger partial charge on any atom is -0.490 e. The van der Waals surface area contributed by atoms with E-state index in [2.05, 4.69) is 0 Å². The van der Waals surface area contributed by atoms with Crippen molar-refractivity contribution in [3.8, 4) is 17.6 Å². The standard InChI is InChI=1S/C18H22N2O5/c1-5-23-16-10-13(9-14(11-19)18(22)24-6-2)7-8-15(16)25-12-17(21)20(3)4/h7-10H,5-6,12H2,1-4H3/b14-9+. The molecule has 0 unspecified atom stereocenters. The first-order chi connectivity index (χ1) is 11.9. The minimum absolute atomic E-state index is 0.110. The van der Waals surface area contributed by atoms with Gasteiger partial charge in [-0.3, -0.25) is 4.79 Å². The highest BCUT2D eigenvalue weighted by Crippen LogP contribution is 2.29. The van der Waals surface area contributed by atoms with Gasteiger partial charge < -0.3 is 19.1 Å². The predicted molar refractivity (Wildman–Crippen MR) is 92.0 cm³/mol. The zero-order chi connectivity index (χ0) is 18.8. The Labute approximate surface area is 147 Å². The van der Waals surface area contributed by atoms with E-state index in [1.165, 1.54) is 11.0 Å². The fraction of sp³-hybridized carbons (Fsp3) is 0.389. The molecule has 0 aromatic heterocycles. The van der Waals surface area contributed by atoms with Crippen molar-refractivity contribution in [2.45, 2.75) is 13.8 Å². The molecule has 0 aliphatic rings. The molecule has 0 saturated carbocycles. The van der Waals surface area contributed by atoms with Crippen LogP contribution in [0.1, 0.15) is 19.4 Å². The van der Waals surface area contributed by atoms with Crippen LogP contribution in [0, 0.1) is 11.3 Å². The fourth-order valence-electron chi connectivity index (χ4n) is 1.78. The van der Waals surface area contributed by atoms with Crippen LogP contribution in [0.3, 0.4) is 0 Å². The Morgan fingerprint density at radius 1 is 1.16 bits per heavy atom. The highest BCUT2D eigenvalue weighted by molar-refractivity contribution is 5.97. The number of hydrogen-bond acceptors (Lipinski definition) is 6. The Morgan fingerprint density at radius 2 is 1.88 bits per heavy atom. The number of hydrogen-bond donors (Lipinski definition) is 0. The summed E-state index contributed by atoms with van der Waals surface area (Å²) in [5.41, 5.74) is 0.472. The number of likely N-dealkylation sites (N-methyl/N-ethyl adjacent to an activating group) is 1. The molecule has 1 rings (SSSR count). The summed E-state index contributed by atoms with van der Waals surface area (Å²) >= 11 is 0. The van der Waals surface area contributed by atoms with E-state index in [9.17, 15) is 9.59 Å². The van der Waals surface area contributed by atoms with Crippen molar-refractivity contribution < 1.29 is 23.8 Å². The maximum absolute atomic E-state index is 11.7. The van der Waals surface area contributed by atoms with E-state index in [-0.39, 0.29) is 24.7 Å². The Bertz CT molecular complexity index is 689. The highest BCUT2D eigenvalue weighted by Gasteiger charge is 2.13. The van der Waals surface area contributed by atoms with Crippen LogP contribution in [0.25, 0.3) is 6.08 Å². The van der Waals surface area contributed by atoms with Crippen molar-refractivity contribution >= 4 is 18.0 Å². The van der Waals surface area contributed by atoms with Crippen molar-refractivity contribution in [2.75, 3.05) is 33.9 Å². The van der Waals surface area contributed by atoms with Gasteiger partial charge in [-0.2, -0.15) is 5.26 Å². The number of carbonyl (C=O) groups excluding carboxylic acids is 2. The van der Waals surface area contributed by atoms with Crippen LogP contribution in [0.2, 0.25) is 0 Å². The van der Waals surface area contributed by atoms with Gasteiger partial charge in [-0.15, -0.1) is 0 Å². The largest absolute Gasteiger partial charge is 0.490 e. The molecule has 0 N–H and O–H groups in total. The van der Waals surface area contributed by atoms with Crippen LogP contribution in [0.15, 0.2) is 23.8 Å². The first kappa shape index (κ1) is 20.0. The van der Waals surface area contributed by atoms with Gasteiger partial charge in [-0.25, -0.2) is 4.79 Å². The highest BCUT2D eigenvalue weighted by atomic mass is 16.5. The summed E-state index contributed by atoms with van der Waals surface area (Å²) in [6.07, 6.45) is 1.41. The Morgan fingerprint density at radius 3 is 2.44 bits per heavy atom. The maximum Gasteiger partial charge on any atom is 0.348 e. The van der Waals surface area contributed by atoms with Crippen LogP contribution in [0.4, 0.5) is 0 Å². The Balaban J connectivity index is 3.05. The quantitative estimate of drug-likeness (QED) is 0.406. The van der Waals surface area contributed by atoms with Gasteiger partial charge in [-0.1, -0.05) is 6.07 Å². The summed E-state index contributed by atoms with van der Waals surface area (Å²) in [6, 6.07) is 6.74. The molecule has 0 spiro atoms. The number of esters is 1. The summed E-state index contributed by atoms with van der Waals surface area (Å²) in [5, 5.41) is 9.09. The topological polar surface area (TPSA) is 88.9 Å². The van der Waals surface area contributed by atoms with Gasteiger partial charge in [-0.05, 0) is 37.6 Å². The van der Waals surface area contributed by atoms with Gasteiger partial charge in [0.05, 0.1) is 13.2 Å². The molecule has 25 heavy (non-hydrogen) atoms. The van der Waals surface area contributed by atoms with E-state index < -0.39 is 5.97 Å². The molecular weight excluding hydrogens is 324 g/mol. The second-order valence-corrected chi connectivity index (χ2v) is 5.11. The van der Waals surface area contributed by atoms with Crippen LogP contribution < -0.4 is 9.47 Å². The molecule has 0 radical (unpaired) electrons. The second kappa shape index (κ2) is 9.98. The fourth-order valence-corrected chi connectivity index (χ4v) is 1.78. The average molecular weight is 346 g/mol. The zero-order valence-electron chi connectivity index (χ0n) is 14.9. The van der Waals surface area contributed by atoms with Crippen molar-refractivity contribution in [2.24, 2.45) is 0 Å². The van der Waals surface area contributed by atoms with Crippen LogP contribution >= 0.6 is 0 Å². The Hall–Kier alpha value is -3.01. The van der Waals surface area contributed by atoms with Gasteiger partial charge in [0.2, 0.25) is 0 Å². The normalized spacial score (nSPS) is 10.6. The van der Waals surface area contributed by atoms with E-state index in [1.807, 2.05) is 13.0 Å². The number of benzene rings is 1. The third-order valence-electron chi connectivity index (χ3n) is 3.04. The molecule has 0 atom stereocenters. The molecule has 1 amide bonds. The molecule has 7 heteroatoms. The number of amides is 1. The molecule has 1 aromatic rings. The van der Waals surface area contributed by atoms with Crippen LogP contribution in [0.5, 0.6) is 11.5 Å². The van der Waals surface area contributed by atoms with E-state index >= 15 is 0 Å². The average Bonchev–Trinajstić information content (AvgIpc) is 2.58. The first-order valence-corrected chi connectivity index (χ1v) is 7.81. The SMILES string of the molecule is CCOC(=O)/C(C#N)=C/c1ccc(OCC(=O)N(C)C)c(OCC)c1. The van der Waals surface area contributed by atoms with Crippen molar-refractivity contribution in [3.05, 3.63) is 29.3 Å². The molecule has 0 heterocycles. The van der Waals surface area contributed by atoms with E-state index in [4.69, 9.17) is 19.5 Å². The van der Waals surface area contributed by atoms with E-state index in [0.29, 0.717) is 23.7 Å². The smallest absolute Gasteiger partial charge is 0.348 e. The summed E-state index contributed by atoms with van der Waals surface area (Å²) < 4.78 is 15.8. The molecule has 134 valence electrons. The number of nitrogens with zero attached hydrogens (tertiary/aromatic N) is 2. The molecular formula is C18H22N2O5. The first-order valence-electron chi connectivity index (χ1n) is 7.81. The van der Waals surface area contributed by atoms with Gasteiger partial charge >= 0.3 is 5.97 Å². The van der Waals surface area contributed by atoms with Gasteiger partial charge in [0.1, 0.15) is 11.6 Å². The van der Waals surface area contributed by atoms with E-state index in [0.717, 1.165) is 0 Å². The molecule has 0 fully saturated rings. The monoisotopic (exact) mass is 346 g/mol. The van der Waals surface area contributed by atoms with Gasteiger partial charge in [0.25, 0.3) is 5.91 Å². The maximum atomic E-state index is 11.7. The molecule has 0 aliphatic carbocycles. The molecule has 7 nitrogen and oxygen atoms in total. The van der Waals surface area contributed by atoms with Gasteiger partial charge in [0.15, 0.2) is 18.1 Å². The lowest BCUT2D eigenvalue weighted by Crippen LogP contribution is -2.27. The second-order valence-electron chi connectivity index (χ2n) is 5.11. The third-order valence-corrected chi connectivity index (χ3v) is 3.04. The van der Waals surface area contributed by atoms with Crippen LogP contribution in [-0.2, 0) is 14.3 Å². The van der Waals surface area contributed by atoms with Crippen molar-refractivity contribution in [1.82, 2.24) is 4.90 Å². The summed E-state index contributed by atoms with van der Waals surface area (Å²) in [6.45, 7) is 3.95. The van der Waals surface area contributed by atoms with Crippen LogP contribution in [-0.4, -0.2) is 50.7 Å². The van der Waals surface area contributed by atoms with Gasteiger partial charge in [0, 0.05) is 14.1 Å². The zero-order valence-corrected chi connectivity index (χ0v) is 14.9. The minimum atomic E-state index is -0.681. The molecule has 0 aliphatic heterocycles. The molecule has 0 bridgehead atoms. The van der Waals surface area contributed by atoms with Crippen molar-refractivity contribution in [1.29, 1.82) is 5.26 Å². The lowest BCUT2D eigenvalue weighted by Gasteiger charge is -2.14. The number of ether oxygens (including phenoxy) is 3. The number of rotatable bonds is 8. The summed E-state index contributed by atoms with van der Waals surface area (Å²) in [4.78, 5) is 24.7. The third kappa shape index (κ3) is 6.18. The Kier molecular flexibility index (Phi) is 8.00. The van der Waals surface area contributed by atoms with Crippen molar-refractivity contribution in [3.63, 3.8) is 0 Å². The molecule has 0 saturated heterocycles. The summed E-state index contributed by atoms with van der Waals surface area (Å²) in [7, 11) is 3.28. The molecule has 1 aromatic carbocycles. The lowest BCUT2D eigenvalue weighted by atomic mass is 10.1. The lowest BCUT2D eigenvalue weighted by molar-refractivity contribution is -0.138. The summed E-state index contributed by atoms with van der Waals surface area (Å²) in [5.74, 6) is -0.0341.